The van der Waals surface area contributed by atoms with E-state index in [4.69, 9.17) is 0 Å². The van der Waals surface area contributed by atoms with Gasteiger partial charge >= 0.3 is 29.8 Å². The summed E-state index contributed by atoms with van der Waals surface area (Å²) in [5, 5.41) is 75.4. The molecule has 0 aromatic carbocycles. The summed E-state index contributed by atoms with van der Waals surface area (Å²) >= 11 is 0. The van der Waals surface area contributed by atoms with Crippen molar-refractivity contribution in [1.82, 2.24) is 25.3 Å². The highest BCUT2D eigenvalue weighted by molar-refractivity contribution is 5.85. The fourth-order valence-corrected chi connectivity index (χ4v) is 11.6. The lowest BCUT2D eigenvalue weighted by Gasteiger charge is -2.63. The zero-order valence-corrected chi connectivity index (χ0v) is 34.5. The number of carboxylic acid groups (broad SMARTS) is 5. The van der Waals surface area contributed by atoms with Gasteiger partial charge in [-0.05, 0) is 97.7 Å². The first kappa shape index (κ1) is 47.8. The van der Waals surface area contributed by atoms with Gasteiger partial charge in [-0.15, -0.1) is 0 Å². The summed E-state index contributed by atoms with van der Waals surface area (Å²) in [5.41, 5.74) is -0.564. The fourth-order valence-electron chi connectivity index (χ4n) is 11.6. The van der Waals surface area contributed by atoms with Crippen LogP contribution in [-0.4, -0.2) is 176 Å². The molecule has 4 saturated carbocycles. The van der Waals surface area contributed by atoms with Crippen LogP contribution in [0.3, 0.4) is 0 Å². The molecule has 0 bridgehead atoms. The number of hydrogen-bond acceptors (Lipinski definition) is 12. The molecule has 4 rings (SSSR count). The van der Waals surface area contributed by atoms with E-state index in [2.05, 4.69) is 31.4 Å². The largest absolute Gasteiger partial charge is 0.481 e. The minimum Gasteiger partial charge on any atom is -0.481 e. The Morgan fingerprint density at radius 1 is 0.661 bits per heavy atom. The molecule has 0 aliphatic heterocycles. The third-order valence-electron chi connectivity index (χ3n) is 14.4. The molecule has 19 heteroatoms. The highest BCUT2D eigenvalue weighted by atomic mass is 16.4. The molecular formula is C40H65N5O14. The second-order valence-corrected chi connectivity index (χ2v) is 18.1. The SMILES string of the molecule is CC(CCC(=O)O)[C@H]1CCC2C3C(C[C@H](O)[C@@]21C)[C@@]1(C)CC[C@H](NC(=O)CNC(=O)CN(CCN(CC(=O)O)CC(=O)O)CCN(CC(=O)O)CC(=O)O)C[C@H]1C[C@H]3O. The maximum atomic E-state index is 13.2. The number of carbonyl (C=O) groups is 7. The van der Waals surface area contributed by atoms with Crippen molar-refractivity contribution in [2.75, 3.05) is 65.4 Å². The van der Waals surface area contributed by atoms with E-state index >= 15 is 0 Å². The third kappa shape index (κ3) is 12.3. The van der Waals surface area contributed by atoms with Gasteiger partial charge in [0.25, 0.3) is 0 Å². The lowest BCUT2D eigenvalue weighted by atomic mass is 9.43. The van der Waals surface area contributed by atoms with E-state index in [9.17, 15) is 69.3 Å². The van der Waals surface area contributed by atoms with Gasteiger partial charge in [-0.2, -0.15) is 0 Å². The second-order valence-electron chi connectivity index (χ2n) is 18.1. The number of carboxylic acids is 5. The smallest absolute Gasteiger partial charge is 0.317 e. The van der Waals surface area contributed by atoms with Gasteiger partial charge in [0.1, 0.15) is 0 Å². The molecule has 59 heavy (non-hydrogen) atoms. The molecule has 4 fully saturated rings. The summed E-state index contributed by atoms with van der Waals surface area (Å²) < 4.78 is 0. The first-order valence-electron chi connectivity index (χ1n) is 20.8. The van der Waals surface area contributed by atoms with Gasteiger partial charge in [0.2, 0.25) is 11.8 Å². The summed E-state index contributed by atoms with van der Waals surface area (Å²) in [5.74, 6) is -6.24. The van der Waals surface area contributed by atoms with E-state index in [0.717, 1.165) is 29.1 Å². The lowest BCUT2D eigenvalue weighted by molar-refractivity contribution is -0.202. The third-order valence-corrected chi connectivity index (χ3v) is 14.4. The van der Waals surface area contributed by atoms with Crippen molar-refractivity contribution < 1.29 is 69.3 Å². The van der Waals surface area contributed by atoms with Crippen molar-refractivity contribution >= 4 is 41.7 Å². The highest BCUT2D eigenvalue weighted by Gasteiger charge is 2.65. The normalized spacial score (nSPS) is 31.8. The van der Waals surface area contributed by atoms with Crippen LogP contribution in [0.1, 0.15) is 78.6 Å². The van der Waals surface area contributed by atoms with Crippen LogP contribution in [-0.2, 0) is 33.6 Å². The van der Waals surface area contributed by atoms with Crippen LogP contribution in [0.2, 0.25) is 0 Å². The Labute approximate surface area is 344 Å². The Balaban J connectivity index is 1.33. The Kier molecular flexibility index (Phi) is 16.7. The molecule has 334 valence electrons. The number of aliphatic carboxylic acids is 5. The molecule has 0 saturated heterocycles. The minimum atomic E-state index is -1.26. The van der Waals surface area contributed by atoms with Gasteiger partial charge in [0.05, 0.1) is 51.5 Å². The van der Waals surface area contributed by atoms with Crippen molar-refractivity contribution in [1.29, 1.82) is 0 Å². The van der Waals surface area contributed by atoms with Gasteiger partial charge in [0, 0.05) is 38.6 Å². The van der Waals surface area contributed by atoms with E-state index in [1.807, 2.05) is 0 Å². The molecule has 0 spiro atoms. The molecule has 4 aliphatic carbocycles. The quantitative estimate of drug-likeness (QED) is 0.0651. The number of aliphatic hydroxyl groups is 2. The zero-order chi connectivity index (χ0) is 43.8. The Morgan fingerprint density at radius 2 is 1.20 bits per heavy atom. The van der Waals surface area contributed by atoms with E-state index < -0.39 is 85.5 Å². The topological polar surface area (TPSA) is 295 Å². The fraction of sp³-hybridized carbons (Fsp3) is 0.825. The number of hydrogen-bond donors (Lipinski definition) is 9. The number of nitrogens with zero attached hydrogens (tertiary/aromatic N) is 3. The second kappa shape index (κ2) is 20.6. The number of aliphatic hydroxyl groups excluding tert-OH is 2. The molecule has 9 N–H and O–H groups in total. The standard InChI is InChI=1S/C40H65N5O14/c1-23(4-7-33(50)51)26-5-6-27-38-28(16-30(47)40(26,27)3)39(2)9-8-25(14-24(39)15-29(38)46)42-31(48)17-41-32(49)18-43(10-12-44(19-34(52)53)20-35(54)55)11-13-45(21-36(56)57)22-37(58)59/h23-30,38,46-47H,4-22H2,1-3H3,(H,41,49)(H,42,48)(H,50,51)(H,52,53)(H,54,55)(H,56,57)(H,58,59)/t23?,24-,25-,26+,27?,28?,29+,30-,38?,39-,40+/m0/s1. The summed E-state index contributed by atoms with van der Waals surface area (Å²) in [6.07, 6.45) is 4.52. The van der Waals surface area contributed by atoms with Crippen molar-refractivity contribution in [3.63, 3.8) is 0 Å². The number of rotatable bonds is 23. The molecular weight excluding hydrogens is 774 g/mol. The maximum Gasteiger partial charge on any atom is 0.317 e. The van der Waals surface area contributed by atoms with Crippen LogP contribution in [0.25, 0.3) is 0 Å². The maximum absolute atomic E-state index is 13.2. The Hall–Kier alpha value is -3.91. The minimum absolute atomic E-state index is 0.0202. The molecule has 2 amide bonds. The molecule has 4 aliphatic rings. The van der Waals surface area contributed by atoms with E-state index in [-0.39, 0.29) is 92.7 Å². The Morgan fingerprint density at radius 3 is 1.73 bits per heavy atom. The van der Waals surface area contributed by atoms with Crippen molar-refractivity contribution in [3.05, 3.63) is 0 Å². The van der Waals surface area contributed by atoms with Crippen LogP contribution in [0, 0.1) is 46.3 Å². The number of amides is 2. The van der Waals surface area contributed by atoms with Crippen LogP contribution in [0.4, 0.5) is 0 Å². The summed E-state index contributed by atoms with van der Waals surface area (Å²) in [7, 11) is 0. The number of fused-ring (bicyclic) bond motifs is 5. The summed E-state index contributed by atoms with van der Waals surface area (Å²) in [6.45, 7) is 3.25. The van der Waals surface area contributed by atoms with Crippen LogP contribution in [0.5, 0.6) is 0 Å². The molecule has 0 heterocycles. The monoisotopic (exact) mass is 839 g/mol. The molecule has 11 atom stereocenters. The highest BCUT2D eigenvalue weighted by Crippen LogP contribution is 2.68. The van der Waals surface area contributed by atoms with Gasteiger partial charge in [-0.1, -0.05) is 20.8 Å². The molecule has 0 radical (unpaired) electrons. The average Bonchev–Trinajstić information content (AvgIpc) is 3.49. The van der Waals surface area contributed by atoms with Crippen molar-refractivity contribution in [3.8, 4) is 0 Å². The van der Waals surface area contributed by atoms with E-state index in [1.54, 1.807) is 0 Å². The number of carbonyl (C=O) groups excluding carboxylic acids is 2. The van der Waals surface area contributed by atoms with Crippen LogP contribution in [0.15, 0.2) is 0 Å². The predicted octanol–water partition coefficient (Wildman–Crippen LogP) is -0.0668. The van der Waals surface area contributed by atoms with Crippen molar-refractivity contribution in [2.24, 2.45) is 46.3 Å². The van der Waals surface area contributed by atoms with Crippen LogP contribution < -0.4 is 10.6 Å². The van der Waals surface area contributed by atoms with Gasteiger partial charge in [-0.3, -0.25) is 48.3 Å². The number of nitrogens with one attached hydrogen (secondary N) is 2. The van der Waals surface area contributed by atoms with Gasteiger partial charge in [0.15, 0.2) is 0 Å². The zero-order valence-electron chi connectivity index (χ0n) is 34.5. The van der Waals surface area contributed by atoms with E-state index in [1.165, 1.54) is 4.90 Å². The summed E-state index contributed by atoms with van der Waals surface area (Å²) in [6, 6.07) is -0.202. The Bertz CT molecular complexity index is 1480. The first-order valence-corrected chi connectivity index (χ1v) is 20.8. The van der Waals surface area contributed by atoms with Gasteiger partial charge < -0.3 is 46.4 Å². The molecule has 0 aromatic rings. The lowest BCUT2D eigenvalue weighted by Crippen LogP contribution is -2.63. The van der Waals surface area contributed by atoms with Gasteiger partial charge in [-0.25, -0.2) is 0 Å². The molecule has 19 nitrogen and oxygen atoms in total. The predicted molar refractivity (Wildman–Crippen MR) is 209 cm³/mol. The van der Waals surface area contributed by atoms with Crippen LogP contribution >= 0.6 is 0 Å². The van der Waals surface area contributed by atoms with Crippen molar-refractivity contribution in [2.45, 2.75) is 96.8 Å². The molecule has 4 unspecified atom stereocenters. The average molecular weight is 840 g/mol. The van der Waals surface area contributed by atoms with E-state index in [0.29, 0.717) is 32.1 Å². The first-order chi connectivity index (χ1) is 27.6. The summed E-state index contributed by atoms with van der Waals surface area (Å²) in [4.78, 5) is 86.5. The molecule has 0 aromatic heterocycles.